The predicted octanol–water partition coefficient (Wildman–Crippen LogP) is 4.50. The molecule has 0 saturated carbocycles. The third kappa shape index (κ3) is 4.84. The Balaban J connectivity index is 1.88. The molecule has 28 heavy (non-hydrogen) atoms. The first-order chi connectivity index (χ1) is 13.3. The van der Waals surface area contributed by atoms with Gasteiger partial charge in [-0.25, -0.2) is 0 Å². The van der Waals surface area contributed by atoms with Crippen LogP contribution in [0.2, 0.25) is 5.02 Å². The van der Waals surface area contributed by atoms with Crippen LogP contribution in [0.3, 0.4) is 0 Å². The first-order valence-corrected chi connectivity index (χ1v) is 9.28. The molecule has 3 rings (SSSR count). The summed E-state index contributed by atoms with van der Waals surface area (Å²) in [5.41, 5.74) is -0.282. The van der Waals surface area contributed by atoms with Gasteiger partial charge in [0.25, 0.3) is 0 Å². The maximum absolute atomic E-state index is 13.1. The van der Waals surface area contributed by atoms with Crippen molar-refractivity contribution in [2.75, 3.05) is 18.4 Å². The second-order valence-corrected chi connectivity index (χ2v) is 7.19. The Morgan fingerprint density at radius 1 is 1.21 bits per heavy atom. The van der Waals surface area contributed by atoms with Gasteiger partial charge in [0.15, 0.2) is 0 Å². The topological polar surface area (TPSA) is 52.6 Å². The minimum Gasteiger partial charge on any atom is -0.392 e. The van der Waals surface area contributed by atoms with E-state index in [1.165, 1.54) is 6.07 Å². The average Bonchev–Trinajstić information content (AvgIpc) is 2.63. The van der Waals surface area contributed by atoms with Crippen molar-refractivity contribution in [3.63, 3.8) is 0 Å². The number of hydrogen-bond donors (Lipinski definition) is 2. The van der Waals surface area contributed by atoms with Gasteiger partial charge in [-0.1, -0.05) is 41.9 Å². The summed E-state index contributed by atoms with van der Waals surface area (Å²) in [4.78, 5) is 14.9. The number of piperidine rings is 1. The number of rotatable bonds is 4. The Labute approximate surface area is 165 Å². The summed E-state index contributed by atoms with van der Waals surface area (Å²) < 4.78 is 39.3. The molecular formula is C20H20ClF3N2O2. The molecule has 1 heterocycles. The number of alkyl halides is 3. The van der Waals surface area contributed by atoms with E-state index in [1.807, 2.05) is 11.0 Å². The number of carbonyl (C=O) groups is 1. The van der Waals surface area contributed by atoms with Crippen molar-refractivity contribution in [3.05, 3.63) is 64.7 Å². The molecule has 2 aromatic carbocycles. The number of aliphatic hydroxyl groups excluding tert-OH is 1. The standard InChI is InChI=1S/C20H20ClF3N2O2/c21-17-9-8-14(11-16(17)20(22,23)24)25-19(28)18(13-5-2-1-3-6-13)26-10-4-7-15(27)12-26/h1-3,5-6,8-9,11,15,18,27H,4,7,10,12H2,(H,25,28)/t15-,18+/m1/s1. The minimum atomic E-state index is -4.62. The van der Waals surface area contributed by atoms with Gasteiger partial charge in [-0.3, -0.25) is 9.69 Å². The zero-order valence-corrected chi connectivity index (χ0v) is 15.7. The fourth-order valence-corrected chi connectivity index (χ4v) is 3.64. The number of nitrogens with one attached hydrogen (secondary N) is 1. The fraction of sp³-hybridized carbons (Fsp3) is 0.350. The molecule has 1 aliphatic heterocycles. The van der Waals surface area contributed by atoms with Gasteiger partial charge in [-0.2, -0.15) is 13.2 Å². The number of hydrogen-bond acceptors (Lipinski definition) is 3. The highest BCUT2D eigenvalue weighted by atomic mass is 35.5. The number of anilines is 1. The maximum atomic E-state index is 13.1. The molecule has 0 unspecified atom stereocenters. The van der Waals surface area contributed by atoms with Crippen LogP contribution in [0.15, 0.2) is 48.5 Å². The number of likely N-dealkylation sites (tertiary alicyclic amines) is 1. The van der Waals surface area contributed by atoms with Gasteiger partial charge in [0.05, 0.1) is 16.7 Å². The predicted molar refractivity (Wildman–Crippen MR) is 101 cm³/mol. The van der Waals surface area contributed by atoms with E-state index in [0.717, 1.165) is 18.6 Å². The van der Waals surface area contributed by atoms with Crippen LogP contribution < -0.4 is 5.32 Å². The van der Waals surface area contributed by atoms with Crippen LogP contribution in [0.25, 0.3) is 0 Å². The molecule has 0 bridgehead atoms. The molecule has 4 nitrogen and oxygen atoms in total. The van der Waals surface area contributed by atoms with Gasteiger partial charge >= 0.3 is 6.18 Å². The van der Waals surface area contributed by atoms with Gasteiger partial charge in [0, 0.05) is 12.2 Å². The molecular weight excluding hydrogens is 393 g/mol. The van der Waals surface area contributed by atoms with Gasteiger partial charge in [0.1, 0.15) is 6.04 Å². The molecule has 150 valence electrons. The largest absolute Gasteiger partial charge is 0.417 e. The van der Waals surface area contributed by atoms with Gasteiger partial charge < -0.3 is 10.4 Å². The van der Waals surface area contributed by atoms with E-state index in [0.29, 0.717) is 25.1 Å². The van der Waals surface area contributed by atoms with E-state index in [-0.39, 0.29) is 5.69 Å². The van der Waals surface area contributed by atoms with Crippen molar-refractivity contribution >= 4 is 23.2 Å². The summed E-state index contributed by atoms with van der Waals surface area (Å²) in [5, 5.41) is 12.1. The highest BCUT2D eigenvalue weighted by molar-refractivity contribution is 6.31. The maximum Gasteiger partial charge on any atom is 0.417 e. The summed E-state index contributed by atoms with van der Waals surface area (Å²) >= 11 is 5.64. The van der Waals surface area contributed by atoms with Gasteiger partial charge in [0.2, 0.25) is 5.91 Å². The van der Waals surface area contributed by atoms with Crippen LogP contribution >= 0.6 is 11.6 Å². The van der Waals surface area contributed by atoms with Crippen molar-refractivity contribution in [2.45, 2.75) is 31.2 Å². The van der Waals surface area contributed by atoms with E-state index >= 15 is 0 Å². The molecule has 2 atom stereocenters. The molecule has 2 N–H and O–H groups in total. The lowest BCUT2D eigenvalue weighted by atomic mass is 9.99. The molecule has 1 fully saturated rings. The SMILES string of the molecule is O=C(Nc1ccc(Cl)c(C(F)(F)F)c1)[C@H](c1ccccc1)N1CCC[C@@H](O)C1. The molecule has 0 aromatic heterocycles. The number of halogens is 4. The first-order valence-electron chi connectivity index (χ1n) is 8.90. The van der Waals surface area contributed by atoms with Crippen LogP contribution in [-0.4, -0.2) is 35.1 Å². The number of benzene rings is 2. The van der Waals surface area contributed by atoms with Crippen molar-refractivity contribution in [3.8, 4) is 0 Å². The van der Waals surface area contributed by atoms with E-state index in [4.69, 9.17) is 11.6 Å². The molecule has 1 saturated heterocycles. The summed E-state index contributed by atoms with van der Waals surface area (Å²) in [5.74, 6) is -0.462. The zero-order chi connectivity index (χ0) is 20.3. The molecule has 2 aromatic rings. The van der Waals surface area contributed by atoms with Crippen molar-refractivity contribution in [1.29, 1.82) is 0 Å². The van der Waals surface area contributed by atoms with E-state index < -0.39 is 34.8 Å². The number of nitrogens with zero attached hydrogens (tertiary/aromatic N) is 1. The molecule has 0 spiro atoms. The first kappa shape index (κ1) is 20.6. The summed E-state index contributed by atoms with van der Waals surface area (Å²) in [6.45, 7) is 0.930. The normalized spacial score (nSPS) is 19.2. The van der Waals surface area contributed by atoms with Crippen LogP contribution in [-0.2, 0) is 11.0 Å². The van der Waals surface area contributed by atoms with Gasteiger partial charge in [-0.15, -0.1) is 0 Å². The highest BCUT2D eigenvalue weighted by Crippen LogP contribution is 2.36. The summed E-state index contributed by atoms with van der Waals surface area (Å²) in [6, 6.07) is 11.5. The molecule has 0 radical (unpaired) electrons. The average molecular weight is 413 g/mol. The summed E-state index contributed by atoms with van der Waals surface area (Å²) in [7, 11) is 0. The Morgan fingerprint density at radius 2 is 1.93 bits per heavy atom. The fourth-order valence-electron chi connectivity index (χ4n) is 3.41. The van der Waals surface area contributed by atoms with E-state index in [9.17, 15) is 23.1 Å². The monoisotopic (exact) mass is 412 g/mol. The molecule has 1 aliphatic rings. The lowest BCUT2D eigenvalue weighted by molar-refractivity contribution is -0.137. The quantitative estimate of drug-likeness (QED) is 0.777. The van der Waals surface area contributed by atoms with Crippen molar-refractivity contribution in [2.24, 2.45) is 0 Å². The smallest absolute Gasteiger partial charge is 0.392 e. The van der Waals surface area contributed by atoms with E-state index in [1.54, 1.807) is 24.3 Å². The van der Waals surface area contributed by atoms with Crippen LogP contribution in [0, 0.1) is 0 Å². The Kier molecular flexibility index (Phi) is 6.27. The van der Waals surface area contributed by atoms with E-state index in [2.05, 4.69) is 5.32 Å². The second kappa shape index (κ2) is 8.51. The molecule has 1 amide bonds. The third-order valence-corrected chi connectivity index (χ3v) is 5.03. The minimum absolute atomic E-state index is 0.0141. The Hall–Kier alpha value is -2.09. The summed E-state index contributed by atoms with van der Waals surface area (Å²) in [6.07, 6.45) is -3.77. The van der Waals surface area contributed by atoms with Gasteiger partial charge in [-0.05, 0) is 43.1 Å². The lowest BCUT2D eigenvalue weighted by Gasteiger charge is -2.36. The number of β-amino-alcohol motifs (C(OH)–C–C–N with tert-alkyl or cyclic N) is 1. The number of aliphatic hydroxyl groups is 1. The van der Waals surface area contributed by atoms with Crippen LogP contribution in [0.1, 0.15) is 30.0 Å². The van der Waals surface area contributed by atoms with Crippen molar-refractivity contribution < 1.29 is 23.1 Å². The molecule has 8 heteroatoms. The number of carbonyl (C=O) groups excluding carboxylic acids is 1. The number of amides is 1. The Morgan fingerprint density at radius 3 is 2.57 bits per heavy atom. The second-order valence-electron chi connectivity index (χ2n) is 6.79. The van der Waals surface area contributed by atoms with Crippen LogP contribution in [0.5, 0.6) is 0 Å². The van der Waals surface area contributed by atoms with Crippen molar-refractivity contribution in [1.82, 2.24) is 4.90 Å². The zero-order valence-electron chi connectivity index (χ0n) is 14.9. The highest BCUT2D eigenvalue weighted by Gasteiger charge is 2.34. The Bertz CT molecular complexity index is 830. The molecule has 0 aliphatic carbocycles. The third-order valence-electron chi connectivity index (χ3n) is 4.70. The van der Waals surface area contributed by atoms with Crippen LogP contribution in [0.4, 0.5) is 18.9 Å². The lowest BCUT2D eigenvalue weighted by Crippen LogP contribution is -2.44.